The van der Waals surface area contributed by atoms with Crippen LogP contribution in [0, 0.1) is 6.92 Å². The van der Waals surface area contributed by atoms with E-state index in [4.69, 9.17) is 14.3 Å². The predicted molar refractivity (Wildman–Crippen MR) is 92.0 cm³/mol. The molecule has 8 heteroatoms. The topological polar surface area (TPSA) is 85.8 Å². The number of hydrogen-bond donors (Lipinski definition) is 3. The number of phosphoric ester groups is 1. The first kappa shape index (κ1) is 18.7. The van der Waals surface area contributed by atoms with E-state index in [1.807, 2.05) is 17.9 Å². The van der Waals surface area contributed by atoms with Crippen molar-refractivity contribution in [1.82, 2.24) is 9.88 Å². The number of aromatic amines is 1. The molecular formula is C16H22FN2O4P. The molecule has 0 bridgehead atoms. The summed E-state index contributed by atoms with van der Waals surface area (Å²) in [4.78, 5) is 23.3. The maximum absolute atomic E-state index is 12.6. The minimum Gasteiger partial charge on any atom is -0.404 e. The summed E-state index contributed by atoms with van der Waals surface area (Å²) in [6.07, 6.45) is 2.32. The Kier molecular flexibility index (Phi) is 6.18. The highest BCUT2D eigenvalue weighted by atomic mass is 31.2. The Morgan fingerprint density at radius 2 is 2.17 bits per heavy atom. The van der Waals surface area contributed by atoms with Crippen molar-refractivity contribution in [1.29, 1.82) is 0 Å². The van der Waals surface area contributed by atoms with Gasteiger partial charge < -0.3 is 9.51 Å². The summed E-state index contributed by atoms with van der Waals surface area (Å²) < 4.78 is 28.7. The van der Waals surface area contributed by atoms with Crippen LogP contribution in [-0.2, 0) is 11.0 Å². The predicted octanol–water partition coefficient (Wildman–Crippen LogP) is 2.95. The summed E-state index contributed by atoms with van der Waals surface area (Å²) in [5.74, 6) is 0.140. The Hall–Kier alpha value is -1.66. The second-order valence-corrected chi connectivity index (χ2v) is 6.68. The minimum absolute atomic E-state index is 0.140. The zero-order valence-electron chi connectivity index (χ0n) is 13.5. The van der Waals surface area contributed by atoms with E-state index in [2.05, 4.69) is 11.6 Å². The molecule has 6 nitrogen and oxygen atoms in total. The standard InChI is InChI=1S/C16H22FN2O4P/c1-3-9-19(11-8-17)10-7-13-12(2)18-14-5-4-6-15(16(13)14)23-24(20,21)22/h3-6,18H,1,7-11H2,2H3,(H2,20,21,22). The van der Waals surface area contributed by atoms with Crippen LogP contribution >= 0.6 is 7.82 Å². The molecule has 0 aliphatic heterocycles. The Labute approximate surface area is 140 Å². The van der Waals surface area contributed by atoms with Crippen molar-refractivity contribution in [3.63, 3.8) is 0 Å². The molecule has 2 aromatic rings. The molecule has 132 valence electrons. The molecule has 1 heterocycles. The molecule has 0 amide bonds. The van der Waals surface area contributed by atoms with Gasteiger partial charge in [-0.15, -0.1) is 6.58 Å². The van der Waals surface area contributed by atoms with Crippen LogP contribution in [0.25, 0.3) is 10.9 Å². The molecule has 0 spiro atoms. The number of alkyl halides is 1. The quantitative estimate of drug-likeness (QED) is 0.475. The smallest absolute Gasteiger partial charge is 0.404 e. The Bertz CT molecular complexity index is 756. The molecule has 0 fully saturated rings. The van der Waals surface area contributed by atoms with Gasteiger partial charge in [0.25, 0.3) is 0 Å². The maximum Gasteiger partial charge on any atom is 0.524 e. The molecule has 2 rings (SSSR count). The van der Waals surface area contributed by atoms with Gasteiger partial charge in [0.2, 0.25) is 0 Å². The first-order chi connectivity index (χ1) is 11.4. The fourth-order valence-corrected chi connectivity index (χ4v) is 3.20. The van der Waals surface area contributed by atoms with E-state index in [1.165, 1.54) is 6.07 Å². The number of fused-ring (bicyclic) bond motifs is 1. The van der Waals surface area contributed by atoms with Crippen molar-refractivity contribution < 1.29 is 23.3 Å². The third kappa shape index (κ3) is 4.68. The van der Waals surface area contributed by atoms with Crippen LogP contribution in [0.4, 0.5) is 4.39 Å². The lowest BCUT2D eigenvalue weighted by atomic mass is 10.1. The highest BCUT2D eigenvalue weighted by Gasteiger charge is 2.21. The van der Waals surface area contributed by atoms with Crippen LogP contribution in [0.3, 0.4) is 0 Å². The Morgan fingerprint density at radius 1 is 1.42 bits per heavy atom. The van der Waals surface area contributed by atoms with Crippen LogP contribution in [0.2, 0.25) is 0 Å². The number of nitrogens with one attached hydrogen (secondary N) is 1. The number of nitrogens with zero attached hydrogens (tertiary/aromatic N) is 1. The van der Waals surface area contributed by atoms with Gasteiger partial charge in [0, 0.05) is 36.2 Å². The highest BCUT2D eigenvalue weighted by Crippen LogP contribution is 2.42. The van der Waals surface area contributed by atoms with E-state index >= 15 is 0 Å². The number of H-pyrrole nitrogens is 1. The van der Waals surface area contributed by atoms with E-state index in [-0.39, 0.29) is 5.75 Å². The number of benzene rings is 1. The summed E-state index contributed by atoms with van der Waals surface area (Å²) in [7, 11) is -4.65. The molecule has 0 radical (unpaired) electrons. The van der Waals surface area contributed by atoms with Crippen molar-refractivity contribution in [2.75, 3.05) is 26.3 Å². The summed E-state index contributed by atoms with van der Waals surface area (Å²) in [6, 6.07) is 5.02. The first-order valence-corrected chi connectivity index (χ1v) is 9.13. The maximum atomic E-state index is 12.6. The van der Waals surface area contributed by atoms with E-state index in [0.29, 0.717) is 31.4 Å². The molecule has 3 N–H and O–H groups in total. The summed E-state index contributed by atoms with van der Waals surface area (Å²) in [5.41, 5.74) is 2.54. The fraction of sp³-hybridized carbons (Fsp3) is 0.375. The highest BCUT2D eigenvalue weighted by molar-refractivity contribution is 7.46. The van der Waals surface area contributed by atoms with Crippen molar-refractivity contribution in [3.8, 4) is 5.75 Å². The number of aryl methyl sites for hydroxylation is 1. The largest absolute Gasteiger partial charge is 0.524 e. The average Bonchev–Trinajstić information content (AvgIpc) is 2.80. The second-order valence-electron chi connectivity index (χ2n) is 5.52. The van der Waals surface area contributed by atoms with Gasteiger partial charge in [-0.3, -0.25) is 14.7 Å². The molecule has 0 atom stereocenters. The number of aromatic nitrogens is 1. The molecule has 24 heavy (non-hydrogen) atoms. The number of hydrogen-bond acceptors (Lipinski definition) is 3. The van der Waals surface area contributed by atoms with Gasteiger partial charge in [0.05, 0.1) is 0 Å². The van der Waals surface area contributed by atoms with Gasteiger partial charge in [-0.1, -0.05) is 12.1 Å². The van der Waals surface area contributed by atoms with E-state index in [0.717, 1.165) is 16.8 Å². The zero-order chi connectivity index (χ0) is 17.7. The van der Waals surface area contributed by atoms with Crippen molar-refractivity contribution in [3.05, 3.63) is 42.1 Å². The van der Waals surface area contributed by atoms with E-state index < -0.39 is 14.5 Å². The number of rotatable bonds is 9. The third-order valence-corrected chi connectivity index (χ3v) is 4.22. The molecular weight excluding hydrogens is 334 g/mol. The molecule has 1 aromatic heterocycles. The number of phosphoric acid groups is 1. The Balaban J connectivity index is 2.33. The number of halogens is 1. The molecule has 0 aliphatic carbocycles. The lowest BCUT2D eigenvalue weighted by Crippen LogP contribution is -2.28. The SMILES string of the molecule is C=CCN(CCF)CCc1c(C)[nH]c2cccc(OP(=O)(O)O)c12. The molecule has 0 saturated carbocycles. The van der Waals surface area contributed by atoms with Crippen LogP contribution in [0.1, 0.15) is 11.3 Å². The van der Waals surface area contributed by atoms with Crippen LogP contribution in [-0.4, -0.2) is 46.0 Å². The second kappa shape index (κ2) is 7.94. The molecule has 0 unspecified atom stereocenters. The van der Waals surface area contributed by atoms with Gasteiger partial charge in [0.15, 0.2) is 0 Å². The normalized spacial score (nSPS) is 12.0. The van der Waals surface area contributed by atoms with Gasteiger partial charge in [-0.05, 0) is 31.0 Å². The monoisotopic (exact) mass is 356 g/mol. The lowest BCUT2D eigenvalue weighted by molar-refractivity contribution is 0.273. The van der Waals surface area contributed by atoms with Gasteiger partial charge >= 0.3 is 7.82 Å². The fourth-order valence-electron chi connectivity index (χ4n) is 2.79. The van der Waals surface area contributed by atoms with Gasteiger partial charge in [-0.25, -0.2) is 8.96 Å². The summed E-state index contributed by atoms with van der Waals surface area (Å²) in [5, 5.41) is 0.650. The van der Waals surface area contributed by atoms with Gasteiger partial charge in [-0.2, -0.15) is 0 Å². The molecule has 0 saturated heterocycles. The van der Waals surface area contributed by atoms with E-state index in [1.54, 1.807) is 12.1 Å². The third-order valence-electron chi connectivity index (χ3n) is 3.79. The van der Waals surface area contributed by atoms with Crippen LogP contribution in [0.5, 0.6) is 5.75 Å². The average molecular weight is 356 g/mol. The summed E-state index contributed by atoms with van der Waals surface area (Å²) >= 11 is 0. The minimum atomic E-state index is -4.65. The van der Waals surface area contributed by atoms with Gasteiger partial charge in [0.1, 0.15) is 12.4 Å². The van der Waals surface area contributed by atoms with E-state index in [9.17, 15) is 8.96 Å². The Morgan fingerprint density at radius 3 is 2.79 bits per heavy atom. The van der Waals surface area contributed by atoms with Crippen molar-refractivity contribution >= 4 is 18.7 Å². The zero-order valence-corrected chi connectivity index (χ0v) is 14.4. The van der Waals surface area contributed by atoms with Crippen molar-refractivity contribution in [2.24, 2.45) is 0 Å². The summed E-state index contributed by atoms with van der Waals surface area (Å²) in [6.45, 7) is 6.63. The first-order valence-electron chi connectivity index (χ1n) is 7.60. The molecule has 0 aliphatic rings. The lowest BCUT2D eigenvalue weighted by Gasteiger charge is -2.19. The molecule has 1 aromatic carbocycles. The van der Waals surface area contributed by atoms with Crippen molar-refractivity contribution in [2.45, 2.75) is 13.3 Å². The van der Waals surface area contributed by atoms with Crippen LogP contribution in [0.15, 0.2) is 30.9 Å². The van der Waals surface area contributed by atoms with Crippen LogP contribution < -0.4 is 4.52 Å².